The van der Waals surface area contributed by atoms with E-state index in [0.717, 1.165) is 15.2 Å². The minimum absolute atomic E-state index is 0.124. The first-order valence-corrected chi connectivity index (χ1v) is 4.55. The van der Waals surface area contributed by atoms with Crippen LogP contribution in [-0.2, 0) is 7.05 Å². The van der Waals surface area contributed by atoms with E-state index in [1.807, 2.05) is 24.6 Å². The van der Waals surface area contributed by atoms with E-state index in [2.05, 4.69) is 0 Å². The normalized spacial score (nSPS) is 10.9. The fourth-order valence-corrected chi connectivity index (χ4v) is 2.25. The maximum absolute atomic E-state index is 13.2. The summed E-state index contributed by atoms with van der Waals surface area (Å²) in [5, 5.41) is 1.12. The number of hydrogen-bond acceptors (Lipinski definition) is 1. The van der Waals surface area contributed by atoms with Crippen LogP contribution in [0.25, 0.3) is 10.2 Å². The molecule has 0 N–H and O–H groups in total. The topological polar surface area (TPSA) is 3.88 Å². The van der Waals surface area contributed by atoms with E-state index in [9.17, 15) is 4.39 Å². The fraction of sp³-hybridized carbons (Fsp3) is 0.222. The Morgan fingerprint density at radius 2 is 2.17 bits per heavy atom. The molecule has 0 aliphatic rings. The number of benzene rings is 1. The predicted octanol–water partition coefficient (Wildman–Crippen LogP) is 2.17. The van der Waals surface area contributed by atoms with Crippen molar-refractivity contribution in [2.75, 3.05) is 0 Å². The van der Waals surface area contributed by atoms with E-state index in [4.69, 9.17) is 0 Å². The van der Waals surface area contributed by atoms with Crippen molar-refractivity contribution in [3.63, 3.8) is 0 Å². The smallest absolute Gasteiger partial charge is 0.205 e. The minimum atomic E-state index is -0.124. The Hall–Kier alpha value is -0.960. The predicted molar refractivity (Wildman–Crippen MR) is 47.7 cm³/mol. The Balaban J connectivity index is 2.95. The van der Waals surface area contributed by atoms with E-state index in [0.29, 0.717) is 0 Å². The molecule has 0 saturated heterocycles. The SMILES string of the molecule is Cc1sc2c(F)cccc2[n+]1C. The molecule has 3 heteroatoms. The van der Waals surface area contributed by atoms with Crippen molar-refractivity contribution >= 4 is 21.6 Å². The van der Waals surface area contributed by atoms with Gasteiger partial charge < -0.3 is 0 Å². The second-order valence-corrected chi connectivity index (χ2v) is 3.97. The molecule has 1 aromatic carbocycles. The number of rotatable bonds is 0. The van der Waals surface area contributed by atoms with Crippen molar-refractivity contribution in [1.29, 1.82) is 0 Å². The van der Waals surface area contributed by atoms with Crippen molar-refractivity contribution in [2.45, 2.75) is 6.92 Å². The first-order chi connectivity index (χ1) is 5.70. The van der Waals surface area contributed by atoms with E-state index < -0.39 is 0 Å². The first-order valence-electron chi connectivity index (χ1n) is 3.74. The highest BCUT2D eigenvalue weighted by Crippen LogP contribution is 2.21. The number of aromatic nitrogens is 1. The molecule has 2 aromatic rings. The van der Waals surface area contributed by atoms with Crippen molar-refractivity contribution in [3.8, 4) is 0 Å². The summed E-state index contributed by atoms with van der Waals surface area (Å²) in [4.78, 5) is 0. The molecular formula is C9H9FNS+. The van der Waals surface area contributed by atoms with Gasteiger partial charge >= 0.3 is 0 Å². The van der Waals surface area contributed by atoms with E-state index in [1.165, 1.54) is 17.4 Å². The maximum atomic E-state index is 13.2. The molecule has 0 unspecified atom stereocenters. The molecule has 12 heavy (non-hydrogen) atoms. The van der Waals surface area contributed by atoms with Crippen molar-refractivity contribution < 1.29 is 8.96 Å². The summed E-state index contributed by atoms with van der Waals surface area (Å²) in [5.74, 6) is -0.124. The van der Waals surface area contributed by atoms with Gasteiger partial charge in [-0.05, 0) is 6.07 Å². The Bertz CT molecular complexity index is 433. The lowest BCUT2D eigenvalue weighted by molar-refractivity contribution is -0.646. The van der Waals surface area contributed by atoms with Crippen molar-refractivity contribution in [1.82, 2.24) is 0 Å². The maximum Gasteiger partial charge on any atom is 0.235 e. The van der Waals surface area contributed by atoms with Gasteiger partial charge in [-0.2, -0.15) is 4.57 Å². The second kappa shape index (κ2) is 2.52. The highest BCUT2D eigenvalue weighted by Gasteiger charge is 2.14. The minimum Gasteiger partial charge on any atom is -0.205 e. The summed E-state index contributed by atoms with van der Waals surface area (Å²) in [6.45, 7) is 1.99. The summed E-state index contributed by atoms with van der Waals surface area (Å²) >= 11 is 1.49. The number of halogens is 1. The fourth-order valence-electron chi connectivity index (χ4n) is 1.25. The van der Waals surface area contributed by atoms with Crippen molar-refractivity contribution in [2.24, 2.45) is 7.05 Å². The summed E-state index contributed by atoms with van der Waals surface area (Å²) < 4.78 is 15.9. The Morgan fingerprint density at radius 3 is 2.83 bits per heavy atom. The third-order valence-electron chi connectivity index (χ3n) is 2.03. The lowest BCUT2D eigenvalue weighted by atomic mass is 10.3. The monoisotopic (exact) mass is 182 g/mol. The Kier molecular flexibility index (Phi) is 1.61. The first kappa shape index (κ1) is 7.68. The molecule has 0 fully saturated rings. The van der Waals surface area contributed by atoms with Gasteiger partial charge in [-0.15, -0.1) is 0 Å². The van der Waals surface area contributed by atoms with Gasteiger partial charge in [0.05, 0.1) is 0 Å². The number of thiazole rings is 1. The van der Waals surface area contributed by atoms with Crippen molar-refractivity contribution in [3.05, 3.63) is 29.0 Å². The molecule has 62 valence electrons. The van der Waals surface area contributed by atoms with Crippen LogP contribution in [0.4, 0.5) is 4.39 Å². The zero-order valence-corrected chi connectivity index (χ0v) is 7.78. The number of aryl methyl sites for hydroxylation is 2. The number of hydrogen-bond donors (Lipinski definition) is 0. The second-order valence-electron chi connectivity index (χ2n) is 2.77. The van der Waals surface area contributed by atoms with Gasteiger partial charge in [-0.1, -0.05) is 17.4 Å². The van der Waals surface area contributed by atoms with Crippen LogP contribution in [0.5, 0.6) is 0 Å². The summed E-state index contributed by atoms with van der Waals surface area (Å²) in [5.41, 5.74) is 0.970. The van der Waals surface area contributed by atoms with E-state index in [1.54, 1.807) is 6.07 Å². The zero-order valence-electron chi connectivity index (χ0n) is 6.97. The third kappa shape index (κ3) is 0.932. The molecule has 1 heterocycles. The lowest BCUT2D eigenvalue weighted by Gasteiger charge is -1.86. The zero-order chi connectivity index (χ0) is 8.72. The van der Waals surface area contributed by atoms with E-state index in [-0.39, 0.29) is 5.82 Å². The average molecular weight is 182 g/mol. The molecule has 0 saturated carbocycles. The molecule has 1 nitrogen and oxygen atoms in total. The molecular weight excluding hydrogens is 173 g/mol. The highest BCUT2D eigenvalue weighted by atomic mass is 32.1. The summed E-state index contributed by atoms with van der Waals surface area (Å²) in [6, 6.07) is 5.17. The molecule has 0 radical (unpaired) electrons. The third-order valence-corrected chi connectivity index (χ3v) is 3.21. The molecule has 1 aromatic heterocycles. The van der Waals surface area contributed by atoms with E-state index >= 15 is 0 Å². The van der Waals surface area contributed by atoms with Crippen LogP contribution in [0.2, 0.25) is 0 Å². The number of fused-ring (bicyclic) bond motifs is 1. The van der Waals surface area contributed by atoms with Crippen LogP contribution in [-0.4, -0.2) is 0 Å². The summed E-state index contributed by atoms with van der Waals surface area (Å²) in [6.07, 6.45) is 0. The van der Waals surface area contributed by atoms with Gasteiger partial charge in [-0.25, -0.2) is 4.39 Å². The molecule has 0 amide bonds. The number of nitrogens with zero attached hydrogens (tertiary/aromatic N) is 1. The summed E-state index contributed by atoms with van der Waals surface area (Å²) in [7, 11) is 1.95. The molecule has 0 atom stereocenters. The van der Waals surface area contributed by atoms with Gasteiger partial charge in [0, 0.05) is 13.0 Å². The molecule has 0 bridgehead atoms. The standard InChI is InChI=1S/C9H9FNS/c1-6-11(2)8-5-3-4-7(10)9(8)12-6/h3-5H,1-2H3/q+1. The average Bonchev–Trinajstić information content (AvgIpc) is 2.32. The quantitative estimate of drug-likeness (QED) is 0.550. The molecule has 2 rings (SSSR count). The molecule has 0 spiro atoms. The van der Waals surface area contributed by atoms with Crippen LogP contribution in [0.15, 0.2) is 18.2 Å². The Morgan fingerprint density at radius 1 is 1.42 bits per heavy atom. The van der Waals surface area contributed by atoms with Gasteiger partial charge in [0.15, 0.2) is 0 Å². The van der Waals surface area contributed by atoms with Crippen LogP contribution in [0.3, 0.4) is 0 Å². The van der Waals surface area contributed by atoms with Gasteiger partial charge in [0.25, 0.3) is 0 Å². The largest absolute Gasteiger partial charge is 0.235 e. The van der Waals surface area contributed by atoms with Gasteiger partial charge in [-0.3, -0.25) is 0 Å². The van der Waals surface area contributed by atoms with Crippen LogP contribution in [0, 0.1) is 12.7 Å². The lowest BCUT2D eigenvalue weighted by Crippen LogP contribution is -2.28. The highest BCUT2D eigenvalue weighted by molar-refractivity contribution is 7.18. The van der Waals surface area contributed by atoms with Crippen LogP contribution >= 0.6 is 11.3 Å². The Labute approximate surface area is 74.1 Å². The van der Waals surface area contributed by atoms with Crippen LogP contribution in [0.1, 0.15) is 5.01 Å². The van der Waals surface area contributed by atoms with Crippen LogP contribution < -0.4 is 4.57 Å². The molecule has 0 aliphatic carbocycles. The van der Waals surface area contributed by atoms with Gasteiger partial charge in [0.1, 0.15) is 17.6 Å². The molecule has 0 aliphatic heterocycles. The van der Waals surface area contributed by atoms with Gasteiger partial charge in [0.2, 0.25) is 10.5 Å².